The zero-order chi connectivity index (χ0) is 19.5. The van der Waals surface area contributed by atoms with Gasteiger partial charge < -0.3 is 0 Å². The second-order valence-electron chi connectivity index (χ2n) is 6.57. The Hall–Kier alpha value is -2.62. The van der Waals surface area contributed by atoms with E-state index in [1.165, 1.54) is 12.1 Å². The first-order chi connectivity index (χ1) is 13.6. The van der Waals surface area contributed by atoms with Gasteiger partial charge in [0, 0.05) is 16.5 Å². The first-order valence-corrected chi connectivity index (χ1v) is 9.65. The van der Waals surface area contributed by atoms with Crippen molar-refractivity contribution in [2.45, 2.75) is 12.5 Å². The molecule has 0 aliphatic carbocycles. The average Bonchev–Trinajstić information content (AvgIpc) is 3.13. The minimum absolute atomic E-state index is 0.0209. The Balaban J connectivity index is 1.64. The summed E-state index contributed by atoms with van der Waals surface area (Å²) in [7, 11) is 0. The number of allylic oxidation sites excluding steroid dienone is 1. The number of hydrogen-bond acceptors (Lipinski definition) is 2. The number of benzene rings is 3. The molecule has 1 aliphatic rings. The van der Waals surface area contributed by atoms with Gasteiger partial charge >= 0.3 is 0 Å². The van der Waals surface area contributed by atoms with Gasteiger partial charge in [-0.3, -0.25) is 5.01 Å². The minimum atomic E-state index is -0.266. The molecule has 0 saturated carbocycles. The Labute approximate surface area is 173 Å². The van der Waals surface area contributed by atoms with E-state index in [0.29, 0.717) is 10.0 Å². The molecule has 0 spiro atoms. The lowest BCUT2D eigenvalue weighted by Gasteiger charge is -2.24. The van der Waals surface area contributed by atoms with Gasteiger partial charge in [-0.1, -0.05) is 53.5 Å². The summed E-state index contributed by atoms with van der Waals surface area (Å²) >= 11 is 12.0. The lowest BCUT2D eigenvalue weighted by Crippen LogP contribution is -2.18. The predicted octanol–water partition coefficient (Wildman–Crippen LogP) is 7.15. The quantitative estimate of drug-likeness (QED) is 0.445. The van der Waals surface area contributed by atoms with Crippen LogP contribution in [0.5, 0.6) is 0 Å². The van der Waals surface area contributed by atoms with Crippen molar-refractivity contribution in [1.82, 2.24) is 0 Å². The molecule has 3 aromatic rings. The first kappa shape index (κ1) is 18.7. The molecule has 5 heteroatoms. The number of hydrogen-bond donors (Lipinski definition) is 0. The summed E-state index contributed by atoms with van der Waals surface area (Å²) in [6, 6.07) is 21.8. The molecule has 0 bridgehead atoms. The molecule has 0 unspecified atom stereocenters. The Kier molecular flexibility index (Phi) is 5.47. The molecule has 0 aromatic heterocycles. The van der Waals surface area contributed by atoms with E-state index in [2.05, 4.69) is 0 Å². The van der Waals surface area contributed by atoms with Crippen LogP contribution in [-0.4, -0.2) is 5.71 Å². The Morgan fingerprint density at radius 2 is 1.43 bits per heavy atom. The summed E-state index contributed by atoms with van der Waals surface area (Å²) in [5.41, 5.74) is 3.94. The summed E-state index contributed by atoms with van der Waals surface area (Å²) in [4.78, 5) is 0. The van der Waals surface area contributed by atoms with Gasteiger partial charge in [0.25, 0.3) is 0 Å². The maximum atomic E-state index is 13.4. The lowest BCUT2D eigenvalue weighted by molar-refractivity contribution is 0.626. The lowest BCUT2D eigenvalue weighted by atomic mass is 10.0. The fraction of sp³-hybridized carbons (Fsp3) is 0.0870. The van der Waals surface area contributed by atoms with Crippen LogP contribution in [0.1, 0.15) is 23.6 Å². The average molecular weight is 411 g/mol. The van der Waals surface area contributed by atoms with Crippen molar-refractivity contribution in [3.05, 3.63) is 106 Å². The predicted molar refractivity (Wildman–Crippen MR) is 116 cm³/mol. The minimum Gasteiger partial charge on any atom is -0.257 e. The van der Waals surface area contributed by atoms with Crippen molar-refractivity contribution in [2.24, 2.45) is 5.10 Å². The van der Waals surface area contributed by atoms with E-state index in [9.17, 15) is 4.39 Å². The monoisotopic (exact) mass is 410 g/mol. The smallest absolute Gasteiger partial charge is 0.123 e. The van der Waals surface area contributed by atoms with Crippen LogP contribution in [-0.2, 0) is 0 Å². The van der Waals surface area contributed by atoms with Crippen LogP contribution < -0.4 is 5.01 Å². The standard InChI is InChI=1S/C23H17Cl2FN2/c24-18-6-1-16(2-7-18)3-12-21-15-23(17-4-8-19(25)9-5-17)28(27-21)22-13-10-20(26)11-14-22/h1-14,23H,15H2/t23-/m1/s1. The van der Waals surface area contributed by atoms with Crippen LogP contribution in [0.4, 0.5) is 10.1 Å². The van der Waals surface area contributed by atoms with Gasteiger partial charge in [0.2, 0.25) is 0 Å². The number of hydrazone groups is 1. The summed E-state index contributed by atoms with van der Waals surface area (Å²) in [6.07, 6.45) is 4.76. The summed E-state index contributed by atoms with van der Waals surface area (Å²) in [5.74, 6) is -0.266. The highest BCUT2D eigenvalue weighted by Gasteiger charge is 2.28. The maximum absolute atomic E-state index is 13.4. The van der Waals surface area contributed by atoms with E-state index in [1.54, 1.807) is 12.1 Å². The molecule has 3 aromatic carbocycles. The molecule has 0 fully saturated rings. The van der Waals surface area contributed by atoms with Crippen molar-refractivity contribution in [3.63, 3.8) is 0 Å². The third-order valence-corrected chi connectivity index (χ3v) is 5.12. The van der Waals surface area contributed by atoms with E-state index in [0.717, 1.165) is 28.9 Å². The molecule has 0 radical (unpaired) electrons. The van der Waals surface area contributed by atoms with E-state index >= 15 is 0 Å². The van der Waals surface area contributed by atoms with Crippen LogP contribution in [0.3, 0.4) is 0 Å². The van der Waals surface area contributed by atoms with E-state index < -0.39 is 0 Å². The largest absolute Gasteiger partial charge is 0.257 e. The third kappa shape index (κ3) is 4.27. The molecule has 2 nitrogen and oxygen atoms in total. The molecule has 0 N–H and O–H groups in total. The van der Waals surface area contributed by atoms with Gasteiger partial charge in [-0.25, -0.2) is 4.39 Å². The molecule has 0 saturated heterocycles. The van der Waals surface area contributed by atoms with Crippen molar-refractivity contribution in [1.29, 1.82) is 0 Å². The zero-order valence-electron chi connectivity index (χ0n) is 14.9. The van der Waals surface area contributed by atoms with Gasteiger partial charge in [0.1, 0.15) is 5.82 Å². The normalized spacial score (nSPS) is 16.6. The van der Waals surface area contributed by atoms with Crippen LogP contribution in [0.2, 0.25) is 10.0 Å². The van der Waals surface area contributed by atoms with E-state index in [4.69, 9.17) is 28.3 Å². The molecule has 1 atom stereocenters. The molecule has 4 rings (SSSR count). The van der Waals surface area contributed by atoms with Gasteiger partial charge in [0.15, 0.2) is 0 Å². The second-order valence-corrected chi connectivity index (χ2v) is 7.44. The fourth-order valence-corrected chi connectivity index (χ4v) is 3.43. The number of rotatable bonds is 4. The number of anilines is 1. The molecule has 1 heterocycles. The third-order valence-electron chi connectivity index (χ3n) is 4.62. The summed E-state index contributed by atoms with van der Waals surface area (Å²) in [5, 5.41) is 8.12. The molecule has 28 heavy (non-hydrogen) atoms. The van der Waals surface area contributed by atoms with Gasteiger partial charge in [-0.05, 0) is 65.7 Å². The van der Waals surface area contributed by atoms with Crippen LogP contribution in [0.25, 0.3) is 6.08 Å². The van der Waals surface area contributed by atoms with E-state index in [1.807, 2.05) is 65.7 Å². The van der Waals surface area contributed by atoms with Gasteiger partial charge in [-0.2, -0.15) is 5.10 Å². The topological polar surface area (TPSA) is 15.6 Å². The molecular formula is C23H17Cl2FN2. The Morgan fingerprint density at radius 1 is 0.821 bits per heavy atom. The van der Waals surface area contributed by atoms with Crippen molar-refractivity contribution >= 4 is 40.7 Å². The summed E-state index contributed by atoms with van der Waals surface area (Å²) in [6.45, 7) is 0. The van der Waals surface area contributed by atoms with Crippen molar-refractivity contribution in [3.8, 4) is 0 Å². The molecule has 140 valence electrons. The molecular weight excluding hydrogens is 394 g/mol. The first-order valence-electron chi connectivity index (χ1n) is 8.90. The van der Waals surface area contributed by atoms with Crippen LogP contribution in [0, 0.1) is 5.82 Å². The van der Waals surface area contributed by atoms with Gasteiger partial charge in [-0.15, -0.1) is 0 Å². The Morgan fingerprint density at radius 3 is 2.07 bits per heavy atom. The fourth-order valence-electron chi connectivity index (χ4n) is 3.18. The Bertz CT molecular complexity index is 1010. The van der Waals surface area contributed by atoms with Crippen molar-refractivity contribution in [2.75, 3.05) is 5.01 Å². The van der Waals surface area contributed by atoms with Crippen molar-refractivity contribution < 1.29 is 4.39 Å². The highest BCUT2D eigenvalue weighted by molar-refractivity contribution is 6.30. The SMILES string of the molecule is Fc1ccc(N2N=C(C=Cc3ccc(Cl)cc3)C[C@@H]2c2ccc(Cl)cc2)cc1. The maximum Gasteiger partial charge on any atom is 0.123 e. The summed E-state index contributed by atoms with van der Waals surface area (Å²) < 4.78 is 13.4. The molecule has 0 amide bonds. The van der Waals surface area contributed by atoms with Crippen LogP contribution in [0.15, 0.2) is 84.0 Å². The second kappa shape index (κ2) is 8.17. The highest BCUT2D eigenvalue weighted by atomic mass is 35.5. The number of halogens is 3. The van der Waals surface area contributed by atoms with E-state index in [-0.39, 0.29) is 11.9 Å². The molecule has 1 aliphatic heterocycles. The van der Waals surface area contributed by atoms with Gasteiger partial charge in [0.05, 0.1) is 17.4 Å². The zero-order valence-corrected chi connectivity index (χ0v) is 16.4. The number of nitrogens with zero attached hydrogens (tertiary/aromatic N) is 2. The highest BCUT2D eigenvalue weighted by Crippen LogP contribution is 2.36. The van der Waals surface area contributed by atoms with Crippen LogP contribution >= 0.6 is 23.2 Å².